The van der Waals surface area contributed by atoms with Gasteiger partial charge in [0.15, 0.2) is 0 Å². The third-order valence-electron chi connectivity index (χ3n) is 3.53. The molecule has 1 saturated heterocycles. The molecule has 1 aromatic heterocycles. The van der Waals surface area contributed by atoms with Gasteiger partial charge in [-0.15, -0.1) is 11.8 Å². The van der Waals surface area contributed by atoms with Crippen molar-refractivity contribution in [3.8, 4) is 0 Å². The number of imidazole rings is 1. The molecule has 2 aromatic rings. The Labute approximate surface area is 112 Å². The second kappa shape index (κ2) is 4.16. The molecule has 0 spiro atoms. The molecular formula is C13H13F3N2S. The molecule has 1 fully saturated rings. The zero-order chi connectivity index (χ0) is 13.7. The van der Waals surface area contributed by atoms with E-state index < -0.39 is 11.7 Å². The Hall–Kier alpha value is -1.17. The highest BCUT2D eigenvalue weighted by Crippen LogP contribution is 2.45. The molecule has 0 saturated carbocycles. The van der Waals surface area contributed by atoms with Crippen molar-refractivity contribution in [1.82, 2.24) is 9.97 Å². The maximum absolute atomic E-state index is 12.7. The fourth-order valence-corrected chi connectivity index (χ4v) is 3.66. The number of hydrogen-bond acceptors (Lipinski definition) is 2. The lowest BCUT2D eigenvalue weighted by Crippen LogP contribution is -2.14. The van der Waals surface area contributed by atoms with Crippen LogP contribution < -0.4 is 0 Å². The number of H-pyrrole nitrogens is 1. The Balaban J connectivity index is 2.06. The van der Waals surface area contributed by atoms with Gasteiger partial charge in [-0.25, -0.2) is 4.98 Å². The largest absolute Gasteiger partial charge is 0.416 e. The highest BCUT2D eigenvalue weighted by atomic mass is 32.2. The monoisotopic (exact) mass is 286 g/mol. The van der Waals surface area contributed by atoms with E-state index in [1.165, 1.54) is 6.07 Å². The van der Waals surface area contributed by atoms with Gasteiger partial charge in [0.2, 0.25) is 0 Å². The molecule has 3 rings (SSSR count). The maximum atomic E-state index is 12.7. The first-order chi connectivity index (χ1) is 8.88. The van der Waals surface area contributed by atoms with Gasteiger partial charge in [0.05, 0.1) is 21.3 Å². The van der Waals surface area contributed by atoms with E-state index in [4.69, 9.17) is 0 Å². The second-order valence-corrected chi connectivity index (χ2v) is 6.60. The van der Waals surface area contributed by atoms with Crippen LogP contribution in [0.3, 0.4) is 0 Å². The highest BCUT2D eigenvalue weighted by Gasteiger charge is 2.35. The molecule has 0 radical (unpaired) electrons. The average molecular weight is 286 g/mol. The van der Waals surface area contributed by atoms with Gasteiger partial charge in [0.1, 0.15) is 5.82 Å². The minimum atomic E-state index is -4.31. The molecule has 1 aliphatic heterocycles. The summed E-state index contributed by atoms with van der Waals surface area (Å²) in [4.78, 5) is 7.50. The second-order valence-electron chi connectivity index (χ2n) is 5.00. The molecule has 2 heterocycles. The lowest BCUT2D eigenvalue weighted by Gasteiger charge is -2.18. The molecule has 6 heteroatoms. The third kappa shape index (κ3) is 2.22. The van der Waals surface area contributed by atoms with Gasteiger partial charge in [-0.3, -0.25) is 0 Å². The first-order valence-electron chi connectivity index (χ1n) is 6.10. The van der Waals surface area contributed by atoms with E-state index in [1.54, 1.807) is 11.8 Å². The third-order valence-corrected chi connectivity index (χ3v) is 5.06. The molecule has 1 N–H and O–H groups in total. The van der Waals surface area contributed by atoms with Crippen LogP contribution in [0.4, 0.5) is 13.2 Å². The van der Waals surface area contributed by atoms with Gasteiger partial charge >= 0.3 is 6.18 Å². The molecule has 0 aliphatic carbocycles. The van der Waals surface area contributed by atoms with E-state index in [0.717, 1.165) is 36.6 Å². The summed E-state index contributed by atoms with van der Waals surface area (Å²) in [5.74, 6) is 1.85. The summed E-state index contributed by atoms with van der Waals surface area (Å²) < 4.78 is 37.9. The van der Waals surface area contributed by atoms with Gasteiger partial charge in [0, 0.05) is 0 Å². The van der Waals surface area contributed by atoms with E-state index >= 15 is 0 Å². The standard InChI is InChI=1S/C13H13F3N2S/c1-12(5-2-6-19-12)11-17-9-4-3-8(13(14,15)16)7-10(9)18-11/h3-4,7H,2,5-6H2,1H3,(H,17,18). The first kappa shape index (κ1) is 12.8. The number of thioether (sulfide) groups is 1. The Bertz CT molecular complexity index is 612. The van der Waals surface area contributed by atoms with Crippen LogP contribution in [0.25, 0.3) is 11.0 Å². The summed E-state index contributed by atoms with van der Waals surface area (Å²) in [7, 11) is 0. The zero-order valence-corrected chi connectivity index (χ0v) is 11.2. The summed E-state index contributed by atoms with van der Waals surface area (Å²) in [5, 5.41) is 0. The van der Waals surface area contributed by atoms with Crippen LogP contribution in [-0.4, -0.2) is 15.7 Å². The average Bonchev–Trinajstić information content (AvgIpc) is 2.93. The van der Waals surface area contributed by atoms with Gasteiger partial charge < -0.3 is 4.98 Å². The predicted molar refractivity (Wildman–Crippen MR) is 70.1 cm³/mol. The minimum Gasteiger partial charge on any atom is -0.341 e. The Morgan fingerprint density at radius 1 is 1.37 bits per heavy atom. The lowest BCUT2D eigenvalue weighted by atomic mass is 10.1. The van der Waals surface area contributed by atoms with E-state index in [0.29, 0.717) is 11.0 Å². The van der Waals surface area contributed by atoms with Gasteiger partial charge in [-0.05, 0) is 43.7 Å². The number of nitrogens with zero attached hydrogens (tertiary/aromatic N) is 1. The number of nitrogens with one attached hydrogen (secondary N) is 1. The van der Waals surface area contributed by atoms with Crippen LogP contribution in [0.2, 0.25) is 0 Å². The van der Waals surface area contributed by atoms with Gasteiger partial charge in [0.25, 0.3) is 0 Å². The topological polar surface area (TPSA) is 28.7 Å². The molecular weight excluding hydrogens is 273 g/mol. The molecule has 1 unspecified atom stereocenters. The Morgan fingerprint density at radius 2 is 2.16 bits per heavy atom. The normalized spacial score (nSPS) is 24.2. The van der Waals surface area contributed by atoms with Crippen LogP contribution in [0, 0.1) is 0 Å². The molecule has 0 bridgehead atoms. The summed E-state index contributed by atoms with van der Waals surface area (Å²) in [6.07, 6.45) is -2.19. The van der Waals surface area contributed by atoms with Gasteiger partial charge in [-0.1, -0.05) is 0 Å². The quantitative estimate of drug-likeness (QED) is 0.845. The smallest absolute Gasteiger partial charge is 0.341 e. The number of aromatic nitrogens is 2. The van der Waals surface area contributed by atoms with Crippen molar-refractivity contribution in [2.45, 2.75) is 30.7 Å². The van der Waals surface area contributed by atoms with Crippen molar-refractivity contribution < 1.29 is 13.2 Å². The first-order valence-corrected chi connectivity index (χ1v) is 7.08. The zero-order valence-electron chi connectivity index (χ0n) is 10.3. The van der Waals surface area contributed by atoms with Crippen molar-refractivity contribution in [3.05, 3.63) is 29.6 Å². The van der Waals surface area contributed by atoms with Crippen LogP contribution in [0.5, 0.6) is 0 Å². The summed E-state index contributed by atoms with van der Waals surface area (Å²) >= 11 is 1.81. The fourth-order valence-electron chi connectivity index (χ4n) is 2.40. The minimum absolute atomic E-state index is 0.0998. The fraction of sp³-hybridized carbons (Fsp3) is 0.462. The summed E-state index contributed by atoms with van der Waals surface area (Å²) in [6.45, 7) is 2.09. The van der Waals surface area contributed by atoms with E-state index in [-0.39, 0.29) is 4.75 Å². The molecule has 1 aromatic carbocycles. The molecule has 2 nitrogen and oxygen atoms in total. The number of fused-ring (bicyclic) bond motifs is 1. The molecule has 0 amide bonds. The van der Waals surface area contributed by atoms with E-state index in [2.05, 4.69) is 16.9 Å². The summed E-state index contributed by atoms with van der Waals surface area (Å²) in [5.41, 5.74) is 0.412. The van der Waals surface area contributed by atoms with Crippen molar-refractivity contribution >= 4 is 22.8 Å². The van der Waals surface area contributed by atoms with Gasteiger partial charge in [-0.2, -0.15) is 13.2 Å². The van der Waals surface area contributed by atoms with Crippen molar-refractivity contribution in [1.29, 1.82) is 0 Å². The van der Waals surface area contributed by atoms with Crippen LogP contribution in [-0.2, 0) is 10.9 Å². The van der Waals surface area contributed by atoms with E-state index in [1.807, 2.05) is 0 Å². The lowest BCUT2D eigenvalue weighted by molar-refractivity contribution is -0.137. The number of halogens is 3. The summed E-state index contributed by atoms with van der Waals surface area (Å²) in [6, 6.07) is 3.65. The van der Waals surface area contributed by atoms with Crippen molar-refractivity contribution in [2.24, 2.45) is 0 Å². The number of aromatic amines is 1. The SMILES string of the molecule is CC1(c2nc3ccc(C(F)(F)F)cc3[nH]2)CCCS1. The molecule has 1 atom stereocenters. The number of benzene rings is 1. The van der Waals surface area contributed by atoms with Crippen molar-refractivity contribution in [2.75, 3.05) is 5.75 Å². The van der Waals surface area contributed by atoms with E-state index in [9.17, 15) is 13.2 Å². The predicted octanol–water partition coefficient (Wildman–Crippen LogP) is 4.32. The Morgan fingerprint density at radius 3 is 2.79 bits per heavy atom. The number of alkyl halides is 3. The molecule has 102 valence electrons. The molecule has 1 aliphatic rings. The van der Waals surface area contributed by atoms with Crippen molar-refractivity contribution in [3.63, 3.8) is 0 Å². The van der Waals surface area contributed by atoms with Crippen LogP contribution in [0.1, 0.15) is 31.2 Å². The molecule has 19 heavy (non-hydrogen) atoms. The number of rotatable bonds is 1. The highest BCUT2D eigenvalue weighted by molar-refractivity contribution is 8.00. The Kier molecular flexibility index (Phi) is 2.81. The number of hydrogen-bond donors (Lipinski definition) is 1. The van der Waals surface area contributed by atoms with Crippen LogP contribution >= 0.6 is 11.8 Å². The van der Waals surface area contributed by atoms with Crippen LogP contribution in [0.15, 0.2) is 18.2 Å². The maximum Gasteiger partial charge on any atom is 0.416 e.